The number of ether oxygens (including phenoxy) is 1. The second-order valence-electron chi connectivity index (χ2n) is 6.76. The van der Waals surface area contributed by atoms with E-state index in [9.17, 15) is 14.7 Å². The van der Waals surface area contributed by atoms with Gasteiger partial charge < -0.3 is 14.6 Å². The number of rotatable bonds is 5. The summed E-state index contributed by atoms with van der Waals surface area (Å²) >= 11 is 0. The van der Waals surface area contributed by atoms with E-state index in [-0.39, 0.29) is 30.0 Å². The van der Waals surface area contributed by atoms with Crippen LogP contribution < -0.4 is 5.11 Å². The van der Waals surface area contributed by atoms with E-state index in [0.717, 1.165) is 19.4 Å². The van der Waals surface area contributed by atoms with Gasteiger partial charge in [0.05, 0.1) is 6.42 Å². The summed E-state index contributed by atoms with van der Waals surface area (Å²) in [6, 6.07) is 0. The van der Waals surface area contributed by atoms with Gasteiger partial charge in [-0.3, -0.25) is 9.69 Å². The van der Waals surface area contributed by atoms with Gasteiger partial charge in [0.2, 0.25) is 0 Å². The van der Waals surface area contributed by atoms with Crippen molar-refractivity contribution >= 4 is 11.9 Å². The summed E-state index contributed by atoms with van der Waals surface area (Å²) < 4.78 is 5.45. The van der Waals surface area contributed by atoms with Crippen LogP contribution in [0.1, 0.15) is 60.3 Å². The van der Waals surface area contributed by atoms with Gasteiger partial charge in [0.1, 0.15) is 6.10 Å². The summed E-state index contributed by atoms with van der Waals surface area (Å²) in [5, 5.41) is 10.4. The van der Waals surface area contributed by atoms with Crippen molar-refractivity contribution in [2.24, 2.45) is 0 Å². The van der Waals surface area contributed by atoms with Crippen LogP contribution in [0.5, 0.6) is 0 Å². The molecular weight excluding hydrogens is 258 g/mol. The summed E-state index contributed by atoms with van der Waals surface area (Å²) in [5.41, 5.74) is -0.0917. The Labute approximate surface area is 121 Å². The Bertz CT molecular complexity index is 358. The van der Waals surface area contributed by atoms with E-state index >= 15 is 0 Å². The van der Waals surface area contributed by atoms with Crippen molar-refractivity contribution in [2.45, 2.75) is 77.5 Å². The Balaban J connectivity index is 2.66. The quantitative estimate of drug-likeness (QED) is 0.707. The number of hydrogen-bond acceptors (Lipinski definition) is 5. The van der Waals surface area contributed by atoms with Crippen LogP contribution in [0.3, 0.4) is 0 Å². The molecule has 20 heavy (non-hydrogen) atoms. The highest BCUT2D eigenvalue weighted by molar-refractivity contribution is 5.75. The summed E-state index contributed by atoms with van der Waals surface area (Å²) in [6.07, 6.45) is 0.983. The third-order valence-corrected chi connectivity index (χ3v) is 4.06. The number of aliphatic carboxylic acids is 1. The predicted octanol–water partition coefficient (Wildman–Crippen LogP) is 1.10. The van der Waals surface area contributed by atoms with Gasteiger partial charge in [0.15, 0.2) is 0 Å². The lowest BCUT2D eigenvalue weighted by molar-refractivity contribution is -0.305. The van der Waals surface area contributed by atoms with E-state index in [0.29, 0.717) is 0 Å². The Hall–Kier alpha value is -1.10. The molecule has 0 radical (unpaired) electrons. The summed E-state index contributed by atoms with van der Waals surface area (Å²) in [6.45, 7) is 11.7. The Morgan fingerprint density at radius 1 is 1.15 bits per heavy atom. The van der Waals surface area contributed by atoms with Crippen molar-refractivity contribution < 1.29 is 19.4 Å². The lowest BCUT2D eigenvalue weighted by Crippen LogP contribution is -2.62. The lowest BCUT2D eigenvalue weighted by Gasteiger charge is -2.54. The van der Waals surface area contributed by atoms with Crippen LogP contribution in [0, 0.1) is 0 Å². The topological polar surface area (TPSA) is 69.7 Å². The molecule has 0 spiro atoms. The molecule has 1 rings (SSSR count). The highest BCUT2D eigenvalue weighted by atomic mass is 16.5. The van der Waals surface area contributed by atoms with E-state index in [2.05, 4.69) is 39.5 Å². The van der Waals surface area contributed by atoms with Crippen molar-refractivity contribution in [3.05, 3.63) is 0 Å². The van der Waals surface area contributed by atoms with Crippen molar-refractivity contribution in [1.29, 1.82) is 0 Å². The van der Waals surface area contributed by atoms with Crippen LogP contribution in [0.2, 0.25) is 0 Å². The van der Waals surface area contributed by atoms with Gasteiger partial charge in [0.25, 0.3) is 0 Å². The number of hydrogen-bond donors (Lipinski definition) is 0. The van der Waals surface area contributed by atoms with E-state index in [1.165, 1.54) is 0 Å². The number of carboxylic acids is 1. The molecule has 0 N–H and O–H groups in total. The van der Waals surface area contributed by atoms with E-state index in [4.69, 9.17) is 4.74 Å². The van der Waals surface area contributed by atoms with Crippen molar-refractivity contribution in [3.8, 4) is 0 Å². The molecule has 0 aliphatic carbocycles. The average molecular weight is 284 g/mol. The molecule has 0 amide bonds. The van der Waals surface area contributed by atoms with Crippen molar-refractivity contribution in [3.63, 3.8) is 0 Å². The molecule has 0 aromatic rings. The average Bonchev–Trinajstić information content (AvgIpc) is 2.23. The number of likely N-dealkylation sites (tertiary alicyclic amines) is 1. The van der Waals surface area contributed by atoms with Gasteiger partial charge in [-0.2, -0.15) is 0 Å². The fraction of sp³-hybridized carbons (Fsp3) is 0.867. The summed E-state index contributed by atoms with van der Waals surface area (Å²) in [4.78, 5) is 24.4. The summed E-state index contributed by atoms with van der Waals surface area (Å²) in [7, 11) is 0. The molecule has 0 saturated carbocycles. The van der Waals surface area contributed by atoms with Crippen LogP contribution >= 0.6 is 0 Å². The van der Waals surface area contributed by atoms with Gasteiger partial charge in [-0.15, -0.1) is 0 Å². The Kier molecular flexibility index (Phi) is 5.19. The first-order valence-corrected chi connectivity index (χ1v) is 7.25. The molecule has 116 valence electrons. The fourth-order valence-electron chi connectivity index (χ4n) is 3.61. The molecule has 5 heteroatoms. The zero-order valence-corrected chi connectivity index (χ0v) is 13.2. The monoisotopic (exact) mass is 284 g/mol. The van der Waals surface area contributed by atoms with E-state index < -0.39 is 11.9 Å². The van der Waals surface area contributed by atoms with Crippen LogP contribution in [0.25, 0.3) is 0 Å². The SMILES string of the molecule is CCN1C(C)(C)CC(OC(=O)CCC(=O)[O-])CC1(C)C. The van der Waals surface area contributed by atoms with Crippen LogP contribution in [-0.4, -0.2) is 40.6 Å². The minimum Gasteiger partial charge on any atom is -0.550 e. The highest BCUT2D eigenvalue weighted by Gasteiger charge is 2.45. The van der Waals surface area contributed by atoms with E-state index in [1.54, 1.807) is 0 Å². The first-order valence-electron chi connectivity index (χ1n) is 7.25. The molecule has 1 fully saturated rings. The number of esters is 1. The van der Waals surface area contributed by atoms with Gasteiger partial charge >= 0.3 is 5.97 Å². The first-order chi connectivity index (χ1) is 9.08. The second-order valence-corrected chi connectivity index (χ2v) is 6.76. The Morgan fingerprint density at radius 2 is 1.65 bits per heavy atom. The number of carboxylic acid groups (broad SMARTS) is 1. The Morgan fingerprint density at radius 3 is 2.05 bits per heavy atom. The smallest absolute Gasteiger partial charge is 0.306 e. The zero-order chi connectivity index (χ0) is 15.6. The number of carbonyl (C=O) groups excluding carboxylic acids is 2. The third-order valence-electron chi connectivity index (χ3n) is 4.06. The molecule has 0 unspecified atom stereocenters. The molecule has 1 aliphatic rings. The predicted molar refractivity (Wildman–Crippen MR) is 73.9 cm³/mol. The second kappa shape index (κ2) is 6.12. The van der Waals surface area contributed by atoms with Gasteiger partial charge in [-0.25, -0.2) is 0 Å². The largest absolute Gasteiger partial charge is 0.550 e. The van der Waals surface area contributed by atoms with Crippen LogP contribution in [-0.2, 0) is 14.3 Å². The molecule has 0 aromatic heterocycles. The van der Waals surface area contributed by atoms with Gasteiger partial charge in [-0.1, -0.05) is 6.92 Å². The molecule has 0 aromatic carbocycles. The van der Waals surface area contributed by atoms with Gasteiger partial charge in [0, 0.05) is 29.9 Å². The molecular formula is C15H26NO4-. The number of piperidine rings is 1. The molecule has 0 bridgehead atoms. The molecule has 1 aliphatic heterocycles. The molecule has 0 atom stereocenters. The van der Waals surface area contributed by atoms with Crippen molar-refractivity contribution in [2.75, 3.05) is 6.54 Å². The minimum absolute atomic E-state index is 0.0458. The van der Waals surface area contributed by atoms with E-state index in [1.807, 2.05) is 0 Å². The summed E-state index contributed by atoms with van der Waals surface area (Å²) in [5.74, 6) is -1.67. The standard InChI is InChI=1S/C15H27NO4/c1-6-16-14(2,3)9-11(10-15(16,4)5)20-13(19)8-7-12(17)18/h11H,6-10H2,1-5H3,(H,17,18)/p-1. The molecule has 1 heterocycles. The number of nitrogens with zero attached hydrogens (tertiary/aromatic N) is 1. The maximum atomic E-state index is 11.7. The van der Waals surface area contributed by atoms with Crippen LogP contribution in [0.15, 0.2) is 0 Å². The lowest BCUT2D eigenvalue weighted by atomic mass is 9.78. The minimum atomic E-state index is -1.22. The van der Waals surface area contributed by atoms with Crippen LogP contribution in [0.4, 0.5) is 0 Å². The highest BCUT2D eigenvalue weighted by Crippen LogP contribution is 2.39. The van der Waals surface area contributed by atoms with Gasteiger partial charge in [-0.05, 0) is 40.7 Å². The first kappa shape index (κ1) is 17.0. The maximum absolute atomic E-state index is 11.7. The maximum Gasteiger partial charge on any atom is 0.306 e. The molecule has 1 saturated heterocycles. The third kappa shape index (κ3) is 4.20. The normalized spacial score (nSPS) is 22.4. The zero-order valence-electron chi connectivity index (χ0n) is 13.2. The fourth-order valence-corrected chi connectivity index (χ4v) is 3.61. The molecule has 5 nitrogen and oxygen atoms in total. The number of carbonyl (C=O) groups is 2. The van der Waals surface area contributed by atoms with Crippen molar-refractivity contribution in [1.82, 2.24) is 4.90 Å².